The molecule has 6 heteroatoms. The second kappa shape index (κ2) is 6.75. The summed E-state index contributed by atoms with van der Waals surface area (Å²) in [5.41, 5.74) is 1.18. The molecule has 1 unspecified atom stereocenters. The van der Waals surface area contributed by atoms with Crippen LogP contribution in [0.2, 0.25) is 0 Å². The van der Waals surface area contributed by atoms with Gasteiger partial charge in [-0.05, 0) is 36.1 Å². The Kier molecular flexibility index (Phi) is 5.02. The van der Waals surface area contributed by atoms with Gasteiger partial charge in [0.1, 0.15) is 0 Å². The SMILES string of the molecule is CC(C)(C)c1ccc(S(=O)(=O)N2CCN(C3CCNC3)CC2)cc1. The highest BCUT2D eigenvalue weighted by Crippen LogP contribution is 2.25. The van der Waals surface area contributed by atoms with Crippen LogP contribution >= 0.6 is 0 Å². The first-order valence-electron chi connectivity index (χ1n) is 8.84. The van der Waals surface area contributed by atoms with E-state index in [4.69, 9.17) is 0 Å². The van der Waals surface area contributed by atoms with Crippen molar-refractivity contribution >= 4 is 10.0 Å². The van der Waals surface area contributed by atoms with Crippen molar-refractivity contribution in [3.63, 3.8) is 0 Å². The maximum Gasteiger partial charge on any atom is 0.243 e. The van der Waals surface area contributed by atoms with Gasteiger partial charge in [-0.2, -0.15) is 4.31 Å². The normalized spacial score (nSPS) is 24.4. The van der Waals surface area contributed by atoms with Gasteiger partial charge in [0, 0.05) is 38.8 Å². The van der Waals surface area contributed by atoms with Crippen molar-refractivity contribution in [2.24, 2.45) is 0 Å². The van der Waals surface area contributed by atoms with Crippen LogP contribution < -0.4 is 5.32 Å². The number of piperazine rings is 1. The maximum atomic E-state index is 12.9. The fourth-order valence-corrected chi connectivity index (χ4v) is 4.96. The van der Waals surface area contributed by atoms with Crippen LogP contribution in [0.25, 0.3) is 0 Å². The van der Waals surface area contributed by atoms with Gasteiger partial charge in [-0.15, -0.1) is 0 Å². The van der Waals surface area contributed by atoms with E-state index >= 15 is 0 Å². The predicted molar refractivity (Wildman–Crippen MR) is 96.7 cm³/mol. The number of benzene rings is 1. The van der Waals surface area contributed by atoms with Gasteiger partial charge in [0.2, 0.25) is 10.0 Å². The van der Waals surface area contributed by atoms with Crippen molar-refractivity contribution in [2.75, 3.05) is 39.3 Å². The number of rotatable bonds is 3. The van der Waals surface area contributed by atoms with Gasteiger partial charge in [0.15, 0.2) is 0 Å². The zero-order valence-corrected chi connectivity index (χ0v) is 15.8. The molecule has 1 aromatic carbocycles. The topological polar surface area (TPSA) is 52.7 Å². The quantitative estimate of drug-likeness (QED) is 0.900. The Bertz CT molecular complexity index is 650. The molecule has 2 aliphatic heterocycles. The fraction of sp³-hybridized carbons (Fsp3) is 0.667. The first-order chi connectivity index (χ1) is 11.3. The van der Waals surface area contributed by atoms with Crippen LogP contribution in [0.5, 0.6) is 0 Å². The molecule has 5 nitrogen and oxygen atoms in total. The van der Waals surface area contributed by atoms with Gasteiger partial charge in [-0.25, -0.2) is 8.42 Å². The number of nitrogens with zero attached hydrogens (tertiary/aromatic N) is 2. The van der Waals surface area contributed by atoms with Crippen molar-refractivity contribution in [1.29, 1.82) is 0 Å². The highest BCUT2D eigenvalue weighted by atomic mass is 32.2. The van der Waals surface area contributed by atoms with E-state index in [9.17, 15) is 8.42 Å². The van der Waals surface area contributed by atoms with E-state index in [0.717, 1.165) is 31.7 Å². The van der Waals surface area contributed by atoms with Crippen molar-refractivity contribution < 1.29 is 8.42 Å². The van der Waals surface area contributed by atoms with Gasteiger partial charge < -0.3 is 5.32 Å². The van der Waals surface area contributed by atoms with E-state index < -0.39 is 10.0 Å². The Balaban J connectivity index is 1.67. The second-order valence-electron chi connectivity index (χ2n) is 7.86. The van der Waals surface area contributed by atoms with Crippen molar-refractivity contribution in [1.82, 2.24) is 14.5 Å². The molecule has 3 rings (SSSR count). The Morgan fingerprint density at radius 2 is 1.67 bits per heavy atom. The monoisotopic (exact) mass is 351 g/mol. The minimum absolute atomic E-state index is 0.0310. The first kappa shape index (κ1) is 17.9. The minimum atomic E-state index is -3.38. The molecule has 134 valence electrons. The molecule has 0 bridgehead atoms. The smallest absolute Gasteiger partial charge is 0.243 e. The number of nitrogens with one attached hydrogen (secondary N) is 1. The Labute approximate surface area is 146 Å². The van der Waals surface area contributed by atoms with Gasteiger partial charge >= 0.3 is 0 Å². The summed E-state index contributed by atoms with van der Waals surface area (Å²) in [6.45, 7) is 11.3. The average Bonchev–Trinajstić information content (AvgIpc) is 3.09. The Morgan fingerprint density at radius 3 is 2.17 bits per heavy atom. The number of hydrogen-bond acceptors (Lipinski definition) is 4. The van der Waals surface area contributed by atoms with Gasteiger partial charge in [-0.1, -0.05) is 32.9 Å². The molecular formula is C18H29N3O2S. The van der Waals surface area contributed by atoms with Crippen molar-refractivity contribution in [2.45, 2.75) is 43.5 Å². The summed E-state index contributed by atoms with van der Waals surface area (Å²) in [6, 6.07) is 7.95. The summed E-state index contributed by atoms with van der Waals surface area (Å²) >= 11 is 0. The lowest BCUT2D eigenvalue weighted by atomic mass is 9.87. The third kappa shape index (κ3) is 3.67. The molecule has 0 amide bonds. The molecule has 0 spiro atoms. The lowest BCUT2D eigenvalue weighted by molar-refractivity contribution is 0.145. The summed E-state index contributed by atoms with van der Waals surface area (Å²) in [4.78, 5) is 2.83. The second-order valence-corrected chi connectivity index (χ2v) is 9.80. The van der Waals surface area contributed by atoms with E-state index in [2.05, 4.69) is 31.0 Å². The third-order valence-corrected chi connectivity index (χ3v) is 7.09. The van der Waals surface area contributed by atoms with Crippen LogP contribution in [0.15, 0.2) is 29.2 Å². The molecule has 2 saturated heterocycles. The standard InChI is InChI=1S/C18H29N3O2S/c1-18(2,3)15-4-6-17(7-5-15)24(22,23)21-12-10-20(11-13-21)16-8-9-19-14-16/h4-7,16,19H,8-14H2,1-3H3. The maximum absolute atomic E-state index is 12.9. The summed E-state index contributed by atoms with van der Waals surface area (Å²) in [5.74, 6) is 0. The number of hydrogen-bond donors (Lipinski definition) is 1. The summed E-state index contributed by atoms with van der Waals surface area (Å²) < 4.78 is 27.4. The van der Waals surface area contributed by atoms with Crippen LogP contribution in [-0.2, 0) is 15.4 Å². The molecule has 1 N–H and O–H groups in total. The first-order valence-corrected chi connectivity index (χ1v) is 10.3. The molecule has 1 atom stereocenters. The van der Waals surface area contributed by atoms with Crippen LogP contribution in [0, 0.1) is 0 Å². The van der Waals surface area contributed by atoms with Crippen LogP contribution in [-0.4, -0.2) is 62.9 Å². The van der Waals surface area contributed by atoms with E-state index in [-0.39, 0.29) is 5.41 Å². The largest absolute Gasteiger partial charge is 0.315 e. The summed E-state index contributed by atoms with van der Waals surface area (Å²) in [6.07, 6.45) is 1.17. The van der Waals surface area contributed by atoms with Crippen molar-refractivity contribution in [3.05, 3.63) is 29.8 Å². The molecule has 0 saturated carbocycles. The van der Waals surface area contributed by atoms with Crippen LogP contribution in [0.1, 0.15) is 32.8 Å². The van der Waals surface area contributed by atoms with Gasteiger partial charge in [-0.3, -0.25) is 4.90 Å². The molecule has 2 heterocycles. The molecule has 0 aromatic heterocycles. The average molecular weight is 352 g/mol. The Morgan fingerprint density at radius 1 is 1.04 bits per heavy atom. The minimum Gasteiger partial charge on any atom is -0.315 e. The fourth-order valence-electron chi connectivity index (χ4n) is 3.54. The lowest BCUT2D eigenvalue weighted by Gasteiger charge is -2.37. The molecule has 0 aliphatic carbocycles. The Hall–Kier alpha value is -0.950. The molecular weight excluding hydrogens is 322 g/mol. The molecule has 2 aliphatic rings. The molecule has 2 fully saturated rings. The third-order valence-electron chi connectivity index (χ3n) is 5.18. The van der Waals surface area contributed by atoms with E-state index in [0.29, 0.717) is 24.0 Å². The lowest BCUT2D eigenvalue weighted by Crippen LogP contribution is -2.52. The van der Waals surface area contributed by atoms with E-state index in [1.54, 1.807) is 16.4 Å². The van der Waals surface area contributed by atoms with Crippen LogP contribution in [0.4, 0.5) is 0 Å². The highest BCUT2D eigenvalue weighted by Gasteiger charge is 2.32. The van der Waals surface area contributed by atoms with Gasteiger partial charge in [0.25, 0.3) is 0 Å². The van der Waals surface area contributed by atoms with E-state index in [1.165, 1.54) is 6.42 Å². The summed E-state index contributed by atoms with van der Waals surface area (Å²) in [5, 5.41) is 3.38. The van der Waals surface area contributed by atoms with E-state index in [1.807, 2.05) is 12.1 Å². The van der Waals surface area contributed by atoms with Crippen molar-refractivity contribution in [3.8, 4) is 0 Å². The predicted octanol–water partition coefficient (Wildman–Crippen LogP) is 1.65. The molecule has 0 radical (unpaired) electrons. The molecule has 24 heavy (non-hydrogen) atoms. The number of sulfonamides is 1. The zero-order chi connectivity index (χ0) is 17.4. The molecule has 1 aromatic rings. The highest BCUT2D eigenvalue weighted by molar-refractivity contribution is 7.89. The zero-order valence-electron chi connectivity index (χ0n) is 15.0. The summed E-state index contributed by atoms with van der Waals surface area (Å²) in [7, 11) is -3.38. The van der Waals surface area contributed by atoms with Gasteiger partial charge in [0.05, 0.1) is 4.90 Å². The van der Waals surface area contributed by atoms with Crippen LogP contribution in [0.3, 0.4) is 0 Å².